The molecule has 3 aromatic rings. The van der Waals surface area contributed by atoms with E-state index in [1.807, 2.05) is 38.1 Å². The molecular formula is C29H37N5O7. The Morgan fingerprint density at radius 1 is 0.854 bits per heavy atom. The molecule has 12 nitrogen and oxygen atoms in total. The summed E-state index contributed by atoms with van der Waals surface area (Å²) in [4.78, 5) is 54.0. The molecule has 0 radical (unpaired) electrons. The van der Waals surface area contributed by atoms with Gasteiger partial charge in [0, 0.05) is 23.5 Å². The van der Waals surface area contributed by atoms with E-state index >= 15 is 0 Å². The SMILES string of the molecule is CC(C)C[C@H](NC(=O)[C@@H](N)Cc1c[nH]c2ccccc12)C(=O)N[C@@H](Cc1ccc(O)cc1)C(=O)N[C@@H](CO)C(=O)O. The minimum atomic E-state index is -1.57. The molecule has 0 aliphatic heterocycles. The molecule has 3 amide bonds. The zero-order valence-corrected chi connectivity index (χ0v) is 23.0. The first-order chi connectivity index (χ1) is 19.5. The molecule has 0 aliphatic carbocycles. The molecule has 0 spiro atoms. The van der Waals surface area contributed by atoms with Crippen LogP contribution in [0.4, 0.5) is 0 Å². The number of aliphatic hydroxyl groups is 1. The number of hydrogen-bond donors (Lipinski definition) is 8. The number of phenols is 1. The van der Waals surface area contributed by atoms with Crippen LogP contribution >= 0.6 is 0 Å². The fraction of sp³-hybridized carbons (Fsp3) is 0.379. The summed E-state index contributed by atoms with van der Waals surface area (Å²) in [6, 6.07) is 8.76. The van der Waals surface area contributed by atoms with Crippen LogP contribution in [0.1, 0.15) is 31.4 Å². The Labute approximate surface area is 237 Å². The highest BCUT2D eigenvalue weighted by molar-refractivity contribution is 5.94. The molecule has 2 aromatic carbocycles. The maximum Gasteiger partial charge on any atom is 0.328 e. The van der Waals surface area contributed by atoms with E-state index in [1.54, 1.807) is 18.3 Å². The molecule has 41 heavy (non-hydrogen) atoms. The summed E-state index contributed by atoms with van der Waals surface area (Å²) in [5.74, 6) is -3.47. The predicted octanol–water partition coefficient (Wildman–Crippen LogP) is 0.563. The van der Waals surface area contributed by atoms with Crippen molar-refractivity contribution in [1.82, 2.24) is 20.9 Å². The Morgan fingerprint density at radius 2 is 1.46 bits per heavy atom. The molecule has 0 aliphatic rings. The summed E-state index contributed by atoms with van der Waals surface area (Å²) in [5.41, 5.74) is 8.56. The van der Waals surface area contributed by atoms with Gasteiger partial charge in [0.1, 0.15) is 23.9 Å². The smallest absolute Gasteiger partial charge is 0.328 e. The Kier molecular flexibility index (Phi) is 10.8. The highest BCUT2D eigenvalue weighted by Crippen LogP contribution is 2.19. The minimum Gasteiger partial charge on any atom is -0.508 e. The number of para-hydroxylation sites is 1. The van der Waals surface area contributed by atoms with Crippen LogP contribution in [0, 0.1) is 5.92 Å². The molecular weight excluding hydrogens is 530 g/mol. The molecule has 0 saturated carbocycles. The van der Waals surface area contributed by atoms with Crippen LogP contribution in [0.3, 0.4) is 0 Å². The van der Waals surface area contributed by atoms with Crippen molar-refractivity contribution < 1.29 is 34.5 Å². The zero-order chi connectivity index (χ0) is 30.1. The van der Waals surface area contributed by atoms with Crippen molar-refractivity contribution >= 4 is 34.6 Å². The number of nitrogens with two attached hydrogens (primary N) is 1. The number of carbonyl (C=O) groups excluding carboxylic acids is 3. The predicted molar refractivity (Wildman–Crippen MR) is 152 cm³/mol. The van der Waals surface area contributed by atoms with Crippen molar-refractivity contribution in [3.8, 4) is 5.75 Å². The van der Waals surface area contributed by atoms with Crippen molar-refractivity contribution in [3.63, 3.8) is 0 Å². The number of carboxylic acid groups (broad SMARTS) is 1. The summed E-state index contributed by atoms with van der Waals surface area (Å²) in [7, 11) is 0. The molecule has 0 bridgehead atoms. The summed E-state index contributed by atoms with van der Waals surface area (Å²) in [6.07, 6.45) is 2.23. The topological polar surface area (TPSA) is 207 Å². The number of aliphatic carboxylic acids is 1. The number of hydrogen-bond acceptors (Lipinski definition) is 7. The monoisotopic (exact) mass is 567 g/mol. The lowest BCUT2D eigenvalue weighted by atomic mass is 9.99. The van der Waals surface area contributed by atoms with Gasteiger partial charge in [-0.3, -0.25) is 14.4 Å². The molecule has 1 aromatic heterocycles. The second kappa shape index (κ2) is 14.3. The molecule has 12 heteroatoms. The number of rotatable bonds is 14. The van der Waals surface area contributed by atoms with Gasteiger partial charge in [-0.1, -0.05) is 44.2 Å². The van der Waals surface area contributed by atoms with Crippen molar-refractivity contribution in [1.29, 1.82) is 0 Å². The van der Waals surface area contributed by atoms with Crippen LogP contribution in [-0.2, 0) is 32.0 Å². The third kappa shape index (κ3) is 8.78. The van der Waals surface area contributed by atoms with E-state index in [1.165, 1.54) is 12.1 Å². The summed E-state index contributed by atoms with van der Waals surface area (Å²) >= 11 is 0. The van der Waals surface area contributed by atoms with Crippen molar-refractivity contribution in [2.45, 2.75) is 57.3 Å². The van der Waals surface area contributed by atoms with Crippen molar-refractivity contribution in [2.75, 3.05) is 6.61 Å². The van der Waals surface area contributed by atoms with Crippen LogP contribution in [0.25, 0.3) is 10.9 Å². The van der Waals surface area contributed by atoms with E-state index in [2.05, 4.69) is 20.9 Å². The fourth-order valence-corrected chi connectivity index (χ4v) is 4.42. The quantitative estimate of drug-likeness (QED) is 0.138. The van der Waals surface area contributed by atoms with Crippen molar-refractivity contribution in [3.05, 3.63) is 65.9 Å². The first-order valence-electron chi connectivity index (χ1n) is 13.3. The van der Waals surface area contributed by atoms with E-state index < -0.39 is 54.5 Å². The lowest BCUT2D eigenvalue weighted by Gasteiger charge is -2.26. The van der Waals surface area contributed by atoms with Gasteiger partial charge in [-0.2, -0.15) is 0 Å². The van der Waals surface area contributed by atoms with E-state index in [4.69, 9.17) is 5.73 Å². The first kappa shape index (κ1) is 31.1. The normalized spacial score (nSPS) is 14.2. The average molecular weight is 568 g/mol. The van der Waals surface area contributed by atoms with E-state index in [-0.39, 0.29) is 30.9 Å². The number of benzene rings is 2. The number of phenolic OH excluding ortho intramolecular Hbond substituents is 1. The van der Waals surface area contributed by atoms with Gasteiger partial charge in [0.15, 0.2) is 0 Å². The summed E-state index contributed by atoms with van der Waals surface area (Å²) in [5, 5.41) is 36.7. The van der Waals surface area contributed by atoms with Gasteiger partial charge in [0.05, 0.1) is 12.6 Å². The zero-order valence-electron chi connectivity index (χ0n) is 23.0. The number of aliphatic hydroxyl groups excluding tert-OH is 1. The number of H-pyrrole nitrogens is 1. The van der Waals surface area contributed by atoms with E-state index in [0.29, 0.717) is 5.56 Å². The van der Waals surface area contributed by atoms with Gasteiger partial charge in [0.25, 0.3) is 0 Å². The standard InChI is InChI=1S/C29H37N5O7/c1-16(2)11-23(32-26(37)21(30)13-18-14-31-22-6-4-3-5-20(18)22)27(38)33-24(12-17-7-9-19(36)10-8-17)28(39)34-25(15-35)29(40)41/h3-10,14,16,21,23-25,31,35-36H,11-13,15,30H2,1-2H3,(H,32,37)(H,33,38)(H,34,39)(H,40,41)/t21-,23-,24-,25-/m0/s1. The molecule has 220 valence electrons. The fourth-order valence-electron chi connectivity index (χ4n) is 4.42. The van der Waals surface area contributed by atoms with E-state index in [0.717, 1.165) is 16.5 Å². The van der Waals surface area contributed by atoms with Crippen LogP contribution in [-0.4, -0.2) is 74.8 Å². The Morgan fingerprint density at radius 3 is 2.10 bits per heavy atom. The molecule has 4 atom stereocenters. The van der Waals surface area contributed by atoms with Crippen LogP contribution < -0.4 is 21.7 Å². The number of carbonyl (C=O) groups is 4. The van der Waals surface area contributed by atoms with Crippen LogP contribution in [0.5, 0.6) is 5.75 Å². The van der Waals surface area contributed by atoms with Gasteiger partial charge in [-0.15, -0.1) is 0 Å². The molecule has 1 heterocycles. The highest BCUT2D eigenvalue weighted by Gasteiger charge is 2.31. The van der Waals surface area contributed by atoms with Crippen LogP contribution in [0.2, 0.25) is 0 Å². The number of fused-ring (bicyclic) bond motifs is 1. The number of aromatic nitrogens is 1. The maximum absolute atomic E-state index is 13.4. The van der Waals surface area contributed by atoms with Gasteiger partial charge < -0.3 is 42.0 Å². The average Bonchev–Trinajstić information content (AvgIpc) is 3.34. The Bertz CT molecular complexity index is 1360. The first-order valence-corrected chi connectivity index (χ1v) is 13.3. The molecule has 3 rings (SSSR count). The second-order valence-corrected chi connectivity index (χ2v) is 10.4. The number of nitrogens with one attached hydrogen (secondary N) is 4. The van der Waals surface area contributed by atoms with Gasteiger partial charge in [0.2, 0.25) is 17.7 Å². The lowest BCUT2D eigenvalue weighted by molar-refractivity contribution is -0.143. The molecule has 0 saturated heterocycles. The highest BCUT2D eigenvalue weighted by atomic mass is 16.4. The van der Waals surface area contributed by atoms with Crippen molar-refractivity contribution in [2.24, 2.45) is 11.7 Å². The van der Waals surface area contributed by atoms with E-state index in [9.17, 15) is 34.5 Å². The minimum absolute atomic E-state index is 0.00805. The largest absolute Gasteiger partial charge is 0.508 e. The summed E-state index contributed by atoms with van der Waals surface area (Å²) < 4.78 is 0. The third-order valence-corrected chi connectivity index (χ3v) is 6.60. The molecule has 0 fully saturated rings. The second-order valence-electron chi connectivity index (χ2n) is 10.4. The third-order valence-electron chi connectivity index (χ3n) is 6.60. The number of aromatic hydroxyl groups is 1. The maximum atomic E-state index is 13.4. The molecule has 9 N–H and O–H groups in total. The van der Waals surface area contributed by atoms with Crippen LogP contribution in [0.15, 0.2) is 54.7 Å². The lowest BCUT2D eigenvalue weighted by Crippen LogP contribution is -2.58. The Balaban J connectivity index is 1.75. The Hall–Kier alpha value is -4.42. The number of aromatic amines is 1. The molecule has 0 unspecified atom stereocenters. The number of amides is 3. The van der Waals surface area contributed by atoms with Gasteiger partial charge in [-0.05, 0) is 48.1 Å². The number of carboxylic acids is 1. The van der Waals surface area contributed by atoms with Gasteiger partial charge >= 0.3 is 5.97 Å². The summed E-state index contributed by atoms with van der Waals surface area (Å²) in [6.45, 7) is 2.90. The van der Waals surface area contributed by atoms with Gasteiger partial charge in [-0.25, -0.2) is 4.79 Å².